The molecule has 0 atom stereocenters. The highest BCUT2D eigenvalue weighted by atomic mass is 16.5. The van der Waals surface area contributed by atoms with Gasteiger partial charge in [0, 0.05) is 51.3 Å². The number of anilines is 1. The molecule has 144 valence electrons. The summed E-state index contributed by atoms with van der Waals surface area (Å²) in [6.45, 7) is 1.35. The number of carbonyl (C=O) groups excluding carboxylic acids is 1. The number of carbonyl (C=O) groups is 1. The quantitative estimate of drug-likeness (QED) is 0.699. The Kier molecular flexibility index (Phi) is 5.10. The summed E-state index contributed by atoms with van der Waals surface area (Å²) in [7, 11) is 3.95. The molecule has 4 rings (SSSR count). The summed E-state index contributed by atoms with van der Waals surface area (Å²) in [5.74, 6) is 0.620. The first-order valence-electron chi connectivity index (χ1n) is 9.55. The molecule has 1 fully saturated rings. The number of fused-ring (bicyclic) bond motifs is 1. The number of rotatable bonds is 4. The van der Waals surface area contributed by atoms with Crippen molar-refractivity contribution in [2.75, 3.05) is 32.1 Å². The third-order valence-corrected chi connectivity index (χ3v) is 5.05. The van der Waals surface area contributed by atoms with Gasteiger partial charge in [0.2, 0.25) is 5.88 Å². The van der Waals surface area contributed by atoms with E-state index in [2.05, 4.69) is 9.97 Å². The molecule has 0 N–H and O–H groups in total. The normalized spacial score (nSPS) is 14.9. The van der Waals surface area contributed by atoms with E-state index in [1.165, 1.54) is 0 Å². The molecule has 3 aromatic rings. The predicted molar refractivity (Wildman–Crippen MR) is 110 cm³/mol. The summed E-state index contributed by atoms with van der Waals surface area (Å²) in [4.78, 5) is 25.7. The van der Waals surface area contributed by atoms with E-state index >= 15 is 0 Å². The Bertz CT molecular complexity index is 981. The van der Waals surface area contributed by atoms with E-state index in [4.69, 9.17) is 4.74 Å². The van der Waals surface area contributed by atoms with E-state index in [1.807, 2.05) is 72.4 Å². The average Bonchev–Trinajstić information content (AvgIpc) is 2.74. The SMILES string of the molecule is CN(C)c1cccc(C(=O)N2CCC(Oc3cnc4ccccc4n3)CC2)c1. The number of likely N-dealkylation sites (tertiary alicyclic amines) is 1. The lowest BCUT2D eigenvalue weighted by molar-refractivity contribution is 0.0588. The minimum Gasteiger partial charge on any atom is -0.473 e. The Labute approximate surface area is 164 Å². The molecule has 0 bridgehead atoms. The van der Waals surface area contributed by atoms with Crippen LogP contribution in [0.25, 0.3) is 11.0 Å². The number of benzene rings is 2. The van der Waals surface area contributed by atoms with Gasteiger partial charge in [0.05, 0.1) is 17.2 Å². The molecule has 2 heterocycles. The third-order valence-electron chi connectivity index (χ3n) is 5.05. The van der Waals surface area contributed by atoms with Crippen molar-refractivity contribution in [1.29, 1.82) is 0 Å². The zero-order chi connectivity index (χ0) is 19.5. The van der Waals surface area contributed by atoms with Crippen molar-refractivity contribution >= 4 is 22.6 Å². The summed E-state index contributed by atoms with van der Waals surface area (Å²) in [5.41, 5.74) is 3.44. The summed E-state index contributed by atoms with van der Waals surface area (Å²) in [6.07, 6.45) is 3.29. The van der Waals surface area contributed by atoms with Crippen LogP contribution in [0.5, 0.6) is 5.88 Å². The standard InChI is InChI=1S/C22H24N4O2/c1-25(2)17-7-5-6-16(14-17)22(27)26-12-10-18(11-13-26)28-21-15-23-19-8-3-4-9-20(19)24-21/h3-9,14-15,18H,10-13H2,1-2H3. The van der Waals surface area contributed by atoms with Gasteiger partial charge in [-0.2, -0.15) is 0 Å². The first kappa shape index (κ1) is 18.2. The number of hydrogen-bond acceptors (Lipinski definition) is 5. The maximum atomic E-state index is 12.8. The van der Waals surface area contributed by atoms with Crippen molar-refractivity contribution in [2.24, 2.45) is 0 Å². The fourth-order valence-electron chi connectivity index (χ4n) is 3.44. The van der Waals surface area contributed by atoms with Crippen LogP contribution in [0.1, 0.15) is 23.2 Å². The maximum absolute atomic E-state index is 12.8. The van der Waals surface area contributed by atoms with Crippen LogP contribution in [0.4, 0.5) is 5.69 Å². The molecule has 1 aliphatic heterocycles. The molecule has 0 aliphatic carbocycles. The van der Waals surface area contributed by atoms with Gasteiger partial charge in [0.15, 0.2) is 0 Å². The molecule has 2 aromatic carbocycles. The molecule has 0 unspecified atom stereocenters. The van der Waals surface area contributed by atoms with Crippen LogP contribution in [0.2, 0.25) is 0 Å². The number of nitrogens with zero attached hydrogens (tertiary/aromatic N) is 4. The van der Waals surface area contributed by atoms with Crippen LogP contribution in [0, 0.1) is 0 Å². The largest absolute Gasteiger partial charge is 0.473 e. The molecule has 0 saturated carbocycles. The van der Waals surface area contributed by atoms with Gasteiger partial charge in [-0.25, -0.2) is 9.97 Å². The summed E-state index contributed by atoms with van der Waals surface area (Å²) in [5, 5.41) is 0. The number of piperidine rings is 1. The average molecular weight is 376 g/mol. The van der Waals surface area contributed by atoms with Gasteiger partial charge in [-0.1, -0.05) is 18.2 Å². The van der Waals surface area contributed by atoms with E-state index in [9.17, 15) is 4.79 Å². The third kappa shape index (κ3) is 3.91. The minimum atomic E-state index is 0.0487. The Balaban J connectivity index is 1.37. The predicted octanol–water partition coefficient (Wildman–Crippen LogP) is 3.38. The van der Waals surface area contributed by atoms with Gasteiger partial charge in [0.1, 0.15) is 6.10 Å². The first-order chi connectivity index (χ1) is 13.6. The van der Waals surface area contributed by atoms with Crippen molar-refractivity contribution in [3.8, 4) is 5.88 Å². The highest BCUT2D eigenvalue weighted by molar-refractivity contribution is 5.95. The van der Waals surface area contributed by atoms with Crippen molar-refractivity contribution in [2.45, 2.75) is 18.9 Å². The fraction of sp³-hybridized carbons (Fsp3) is 0.318. The first-order valence-corrected chi connectivity index (χ1v) is 9.55. The molecule has 1 aromatic heterocycles. The van der Waals surface area contributed by atoms with E-state index in [0.717, 1.165) is 35.1 Å². The summed E-state index contributed by atoms with van der Waals surface area (Å²) >= 11 is 0. The van der Waals surface area contributed by atoms with Crippen LogP contribution < -0.4 is 9.64 Å². The van der Waals surface area contributed by atoms with Crippen LogP contribution in [0.15, 0.2) is 54.7 Å². The zero-order valence-corrected chi connectivity index (χ0v) is 16.2. The molecule has 1 amide bonds. The topological polar surface area (TPSA) is 58.6 Å². The van der Waals surface area contributed by atoms with Crippen molar-refractivity contribution in [3.05, 3.63) is 60.3 Å². The number of ether oxygens (including phenoxy) is 1. The maximum Gasteiger partial charge on any atom is 0.253 e. The second-order valence-electron chi connectivity index (χ2n) is 7.25. The smallest absolute Gasteiger partial charge is 0.253 e. The van der Waals surface area contributed by atoms with Gasteiger partial charge in [-0.3, -0.25) is 4.79 Å². The molecular weight excluding hydrogens is 352 g/mol. The Hall–Kier alpha value is -3.15. The molecule has 1 saturated heterocycles. The highest BCUT2D eigenvalue weighted by Crippen LogP contribution is 2.21. The van der Waals surface area contributed by atoms with Gasteiger partial charge >= 0.3 is 0 Å². The van der Waals surface area contributed by atoms with E-state index < -0.39 is 0 Å². The molecule has 28 heavy (non-hydrogen) atoms. The van der Waals surface area contributed by atoms with E-state index in [-0.39, 0.29) is 12.0 Å². The summed E-state index contributed by atoms with van der Waals surface area (Å²) < 4.78 is 6.03. The Morgan fingerprint density at radius 1 is 1.07 bits per heavy atom. The number of amides is 1. The molecular formula is C22H24N4O2. The molecule has 6 heteroatoms. The van der Waals surface area contributed by atoms with Crippen molar-refractivity contribution < 1.29 is 9.53 Å². The molecule has 6 nitrogen and oxygen atoms in total. The van der Waals surface area contributed by atoms with Crippen LogP contribution >= 0.6 is 0 Å². The molecule has 0 radical (unpaired) electrons. The second-order valence-corrected chi connectivity index (χ2v) is 7.25. The zero-order valence-electron chi connectivity index (χ0n) is 16.2. The molecule has 0 spiro atoms. The highest BCUT2D eigenvalue weighted by Gasteiger charge is 2.25. The second kappa shape index (κ2) is 7.84. The van der Waals surface area contributed by atoms with E-state index in [0.29, 0.717) is 19.0 Å². The van der Waals surface area contributed by atoms with Gasteiger partial charge in [-0.05, 0) is 30.3 Å². The van der Waals surface area contributed by atoms with Gasteiger partial charge in [-0.15, -0.1) is 0 Å². The number of para-hydroxylation sites is 2. The lowest BCUT2D eigenvalue weighted by atomic mass is 10.1. The number of aromatic nitrogens is 2. The number of hydrogen-bond donors (Lipinski definition) is 0. The molecule has 1 aliphatic rings. The fourth-order valence-corrected chi connectivity index (χ4v) is 3.44. The Morgan fingerprint density at radius 3 is 2.57 bits per heavy atom. The van der Waals surface area contributed by atoms with Gasteiger partial charge in [0.25, 0.3) is 5.91 Å². The van der Waals surface area contributed by atoms with Crippen LogP contribution in [-0.2, 0) is 0 Å². The monoisotopic (exact) mass is 376 g/mol. The lowest BCUT2D eigenvalue weighted by Crippen LogP contribution is -2.41. The summed E-state index contributed by atoms with van der Waals surface area (Å²) in [6, 6.07) is 15.5. The van der Waals surface area contributed by atoms with Crippen LogP contribution in [-0.4, -0.2) is 54.1 Å². The van der Waals surface area contributed by atoms with Crippen LogP contribution in [0.3, 0.4) is 0 Å². The van der Waals surface area contributed by atoms with Gasteiger partial charge < -0.3 is 14.5 Å². The van der Waals surface area contributed by atoms with Crippen molar-refractivity contribution in [1.82, 2.24) is 14.9 Å². The minimum absolute atomic E-state index is 0.0487. The van der Waals surface area contributed by atoms with Crippen molar-refractivity contribution in [3.63, 3.8) is 0 Å². The van der Waals surface area contributed by atoms with E-state index in [1.54, 1.807) is 6.20 Å². The Morgan fingerprint density at radius 2 is 1.82 bits per heavy atom. The lowest BCUT2D eigenvalue weighted by Gasteiger charge is -2.32.